The van der Waals surface area contributed by atoms with Crippen molar-refractivity contribution in [2.24, 2.45) is 0 Å². The first-order valence-corrected chi connectivity index (χ1v) is 5.80. The van der Waals surface area contributed by atoms with Crippen molar-refractivity contribution in [2.45, 2.75) is 51.6 Å². The first kappa shape index (κ1) is 15.9. The van der Waals surface area contributed by atoms with E-state index in [-0.39, 0.29) is 19.3 Å². The Morgan fingerprint density at radius 1 is 1.18 bits per heavy atom. The molecule has 1 atom stereocenters. The van der Waals surface area contributed by atoms with E-state index in [1.165, 1.54) is 0 Å². The molecule has 0 aliphatic rings. The van der Waals surface area contributed by atoms with Crippen LogP contribution >= 0.6 is 0 Å². The van der Waals surface area contributed by atoms with Gasteiger partial charge < -0.3 is 10.2 Å². The van der Waals surface area contributed by atoms with Crippen molar-refractivity contribution in [2.75, 3.05) is 6.61 Å². The van der Waals surface area contributed by atoms with E-state index in [4.69, 9.17) is 20.0 Å². The summed E-state index contributed by atoms with van der Waals surface area (Å²) in [4.78, 5) is 30.5. The predicted molar refractivity (Wildman–Crippen MR) is 59.5 cm³/mol. The monoisotopic (exact) mass is 248 g/mol. The smallest absolute Gasteiger partial charge is 0.336 e. The third-order valence-corrected chi connectivity index (χ3v) is 2.15. The highest BCUT2D eigenvalue weighted by atomic mass is 17.2. The minimum atomic E-state index is -1.13. The van der Waals surface area contributed by atoms with Crippen LogP contribution in [-0.2, 0) is 19.4 Å². The largest absolute Gasteiger partial charge is 0.481 e. The minimum absolute atomic E-state index is 0.0665. The van der Waals surface area contributed by atoms with E-state index >= 15 is 0 Å². The topological polar surface area (TPSA) is 93.1 Å². The van der Waals surface area contributed by atoms with Gasteiger partial charge in [-0.25, -0.2) is 14.6 Å². The standard InChI is InChI=1S/C11H20O6/c1-2-3-4-8-16-17-9(11(14)15)6-5-7-10(12)13/h9H,2-8H2,1H3,(H,12,13)(H,14,15). The van der Waals surface area contributed by atoms with Gasteiger partial charge in [-0.2, -0.15) is 0 Å². The van der Waals surface area contributed by atoms with Gasteiger partial charge in [0.25, 0.3) is 0 Å². The van der Waals surface area contributed by atoms with Crippen molar-refractivity contribution < 1.29 is 29.6 Å². The molecule has 2 N–H and O–H groups in total. The third kappa shape index (κ3) is 9.77. The molecule has 0 aromatic carbocycles. The number of hydrogen-bond acceptors (Lipinski definition) is 4. The molecule has 0 rings (SSSR count). The molecular weight excluding hydrogens is 228 g/mol. The lowest BCUT2D eigenvalue weighted by atomic mass is 10.1. The van der Waals surface area contributed by atoms with Gasteiger partial charge in [0, 0.05) is 6.42 Å². The maximum absolute atomic E-state index is 10.7. The molecule has 0 spiro atoms. The maximum atomic E-state index is 10.7. The molecule has 17 heavy (non-hydrogen) atoms. The average molecular weight is 248 g/mol. The Balaban J connectivity index is 3.67. The van der Waals surface area contributed by atoms with Crippen LogP contribution < -0.4 is 0 Å². The second-order valence-electron chi connectivity index (χ2n) is 3.74. The molecule has 0 bridgehead atoms. The zero-order chi connectivity index (χ0) is 13.1. The van der Waals surface area contributed by atoms with Crippen LogP contribution in [0.4, 0.5) is 0 Å². The fourth-order valence-corrected chi connectivity index (χ4v) is 1.19. The highest BCUT2D eigenvalue weighted by Crippen LogP contribution is 2.07. The number of unbranched alkanes of at least 4 members (excludes halogenated alkanes) is 2. The van der Waals surface area contributed by atoms with Gasteiger partial charge in [0.15, 0.2) is 6.10 Å². The van der Waals surface area contributed by atoms with E-state index in [1.54, 1.807) is 0 Å². The molecule has 1 unspecified atom stereocenters. The fraction of sp³-hybridized carbons (Fsp3) is 0.818. The number of hydrogen-bond donors (Lipinski definition) is 2. The summed E-state index contributed by atoms with van der Waals surface area (Å²) in [5.41, 5.74) is 0. The van der Waals surface area contributed by atoms with E-state index in [2.05, 4.69) is 0 Å². The van der Waals surface area contributed by atoms with Gasteiger partial charge in [0.1, 0.15) is 0 Å². The zero-order valence-corrected chi connectivity index (χ0v) is 10.1. The number of rotatable bonds is 11. The quantitative estimate of drug-likeness (QED) is 0.329. The van der Waals surface area contributed by atoms with Gasteiger partial charge in [0.2, 0.25) is 0 Å². The third-order valence-electron chi connectivity index (χ3n) is 2.15. The highest BCUT2D eigenvalue weighted by molar-refractivity contribution is 5.72. The van der Waals surface area contributed by atoms with Crippen LogP contribution in [0.3, 0.4) is 0 Å². The summed E-state index contributed by atoms with van der Waals surface area (Å²) >= 11 is 0. The van der Waals surface area contributed by atoms with Gasteiger partial charge in [0.05, 0.1) is 6.61 Å². The first-order valence-electron chi connectivity index (χ1n) is 5.80. The molecule has 0 heterocycles. The first-order chi connectivity index (χ1) is 8.07. The van der Waals surface area contributed by atoms with E-state index in [9.17, 15) is 9.59 Å². The maximum Gasteiger partial charge on any atom is 0.336 e. The summed E-state index contributed by atoms with van der Waals surface area (Å²) in [6.07, 6.45) is 2.10. The molecule has 100 valence electrons. The highest BCUT2D eigenvalue weighted by Gasteiger charge is 2.19. The van der Waals surface area contributed by atoms with E-state index in [1.807, 2.05) is 6.92 Å². The van der Waals surface area contributed by atoms with Crippen LogP contribution in [0, 0.1) is 0 Å². The lowest BCUT2D eigenvalue weighted by Crippen LogP contribution is -2.24. The van der Waals surface area contributed by atoms with Crippen LogP contribution in [0.15, 0.2) is 0 Å². The van der Waals surface area contributed by atoms with Gasteiger partial charge in [-0.3, -0.25) is 4.79 Å². The van der Waals surface area contributed by atoms with Crippen LogP contribution in [0.2, 0.25) is 0 Å². The van der Waals surface area contributed by atoms with Crippen molar-refractivity contribution in [3.8, 4) is 0 Å². The summed E-state index contributed by atoms with van der Waals surface area (Å²) in [7, 11) is 0. The number of carboxylic acids is 2. The molecule has 0 aliphatic heterocycles. The van der Waals surface area contributed by atoms with Gasteiger partial charge in [-0.15, -0.1) is 0 Å². The van der Waals surface area contributed by atoms with Crippen molar-refractivity contribution in [3.05, 3.63) is 0 Å². The normalized spacial score (nSPS) is 12.3. The summed E-state index contributed by atoms with van der Waals surface area (Å²) in [5, 5.41) is 17.2. The molecule has 0 aromatic rings. The lowest BCUT2D eigenvalue weighted by molar-refractivity contribution is -0.321. The minimum Gasteiger partial charge on any atom is -0.481 e. The molecule has 6 heteroatoms. The molecule has 0 aromatic heterocycles. The van der Waals surface area contributed by atoms with Crippen LogP contribution in [0.5, 0.6) is 0 Å². The Labute approximate surface area is 100 Å². The Hall–Kier alpha value is -1.14. The molecule has 0 radical (unpaired) electrons. The number of carboxylic acid groups (broad SMARTS) is 2. The second-order valence-corrected chi connectivity index (χ2v) is 3.74. The zero-order valence-electron chi connectivity index (χ0n) is 10.1. The summed E-state index contributed by atoms with van der Waals surface area (Å²) < 4.78 is 0. The van der Waals surface area contributed by atoms with Crippen LogP contribution in [0.25, 0.3) is 0 Å². The molecule has 0 fully saturated rings. The molecule has 0 amide bonds. The molecular formula is C11H20O6. The van der Waals surface area contributed by atoms with Gasteiger partial charge in [-0.1, -0.05) is 19.8 Å². The summed E-state index contributed by atoms with van der Waals surface area (Å²) in [6, 6.07) is 0. The number of aliphatic carboxylic acids is 2. The average Bonchev–Trinajstić information content (AvgIpc) is 2.25. The van der Waals surface area contributed by atoms with Crippen LogP contribution in [0.1, 0.15) is 45.4 Å². The van der Waals surface area contributed by atoms with E-state index in [0.717, 1.165) is 19.3 Å². The van der Waals surface area contributed by atoms with Crippen molar-refractivity contribution >= 4 is 11.9 Å². The predicted octanol–water partition coefficient (Wildman–Crippen LogP) is 1.83. The van der Waals surface area contributed by atoms with Crippen molar-refractivity contribution in [3.63, 3.8) is 0 Å². The van der Waals surface area contributed by atoms with Gasteiger partial charge in [-0.05, 0) is 19.3 Å². The Kier molecular flexibility index (Phi) is 9.37. The number of carbonyl (C=O) groups is 2. The molecule has 0 saturated heterocycles. The second kappa shape index (κ2) is 10.0. The summed E-state index contributed by atoms with van der Waals surface area (Å²) in [6.45, 7) is 2.41. The Morgan fingerprint density at radius 3 is 2.41 bits per heavy atom. The van der Waals surface area contributed by atoms with E-state index in [0.29, 0.717) is 6.61 Å². The SMILES string of the molecule is CCCCCOOC(CCCC(=O)O)C(=O)O. The van der Waals surface area contributed by atoms with Crippen molar-refractivity contribution in [1.29, 1.82) is 0 Å². The van der Waals surface area contributed by atoms with Gasteiger partial charge >= 0.3 is 11.9 Å². The molecule has 6 nitrogen and oxygen atoms in total. The van der Waals surface area contributed by atoms with E-state index < -0.39 is 18.0 Å². The van der Waals surface area contributed by atoms with Crippen molar-refractivity contribution in [1.82, 2.24) is 0 Å². The summed E-state index contributed by atoms with van der Waals surface area (Å²) in [5.74, 6) is -2.08. The molecule has 0 aliphatic carbocycles. The Morgan fingerprint density at radius 2 is 1.88 bits per heavy atom. The molecule has 0 saturated carbocycles. The fourth-order valence-electron chi connectivity index (χ4n) is 1.19. The Bertz CT molecular complexity index is 228. The lowest BCUT2D eigenvalue weighted by Gasteiger charge is -2.11. The van der Waals surface area contributed by atoms with Crippen LogP contribution in [-0.4, -0.2) is 34.9 Å².